The summed E-state index contributed by atoms with van der Waals surface area (Å²) in [5.41, 5.74) is 3.80. The Bertz CT molecular complexity index is 1110. The van der Waals surface area contributed by atoms with E-state index in [-0.39, 0.29) is 12.1 Å². The number of fused-ring (bicyclic) bond motifs is 1. The number of hydrogen-bond donors (Lipinski definition) is 0. The predicted molar refractivity (Wildman–Crippen MR) is 126 cm³/mol. The Morgan fingerprint density at radius 2 is 1.78 bits per heavy atom. The zero-order valence-corrected chi connectivity index (χ0v) is 18.7. The minimum atomic E-state index is -0.290. The Morgan fingerprint density at radius 3 is 2.47 bits per heavy atom. The highest BCUT2D eigenvalue weighted by molar-refractivity contribution is 6.05. The van der Waals surface area contributed by atoms with Gasteiger partial charge in [-0.05, 0) is 54.0 Å². The molecule has 0 unspecified atom stereocenters. The maximum Gasteiger partial charge on any atom is 0.184 e. The van der Waals surface area contributed by atoms with Gasteiger partial charge in [0, 0.05) is 42.2 Å². The van der Waals surface area contributed by atoms with Gasteiger partial charge in [-0.3, -0.25) is 4.79 Å². The number of anilines is 1. The summed E-state index contributed by atoms with van der Waals surface area (Å²) in [7, 11) is 3.80. The zero-order chi connectivity index (χ0) is 22.1. The Kier molecular flexibility index (Phi) is 5.85. The summed E-state index contributed by atoms with van der Waals surface area (Å²) in [6.45, 7) is 2.25. The third kappa shape index (κ3) is 4.50. The van der Waals surface area contributed by atoms with E-state index in [2.05, 4.69) is 18.0 Å². The second kappa shape index (κ2) is 8.93. The average Bonchev–Trinajstić information content (AvgIpc) is 3.46. The quantitative estimate of drug-likeness (QED) is 0.461. The molecule has 5 rings (SSSR count). The van der Waals surface area contributed by atoms with Crippen molar-refractivity contribution < 1.29 is 19.0 Å². The average molecular weight is 432 g/mol. The van der Waals surface area contributed by atoms with Crippen LogP contribution in [0.1, 0.15) is 40.6 Å². The van der Waals surface area contributed by atoms with Gasteiger partial charge in [-0.2, -0.15) is 0 Å². The van der Waals surface area contributed by atoms with Gasteiger partial charge in [0.1, 0.15) is 5.75 Å². The topological polar surface area (TPSA) is 48.0 Å². The summed E-state index contributed by atoms with van der Waals surface area (Å²) in [4.78, 5) is 15.5. The highest BCUT2D eigenvalue weighted by atomic mass is 16.7. The Morgan fingerprint density at radius 1 is 1.03 bits per heavy atom. The second-order valence-corrected chi connectivity index (χ2v) is 8.82. The van der Waals surface area contributed by atoms with Crippen molar-refractivity contribution in [3.05, 3.63) is 71.3 Å². The smallest absolute Gasteiger partial charge is 0.184 e. The summed E-state index contributed by atoms with van der Waals surface area (Å²) in [5.74, 6) is 1.70. The third-order valence-corrected chi connectivity index (χ3v) is 6.34. The van der Waals surface area contributed by atoms with Crippen LogP contribution in [-0.4, -0.2) is 39.7 Å². The van der Waals surface area contributed by atoms with E-state index in [1.807, 2.05) is 48.5 Å². The van der Waals surface area contributed by atoms with E-state index in [9.17, 15) is 4.79 Å². The molecule has 0 N–H and O–H groups in total. The fourth-order valence-electron chi connectivity index (χ4n) is 4.34. The van der Waals surface area contributed by atoms with Gasteiger partial charge in [0.25, 0.3) is 0 Å². The summed E-state index contributed by atoms with van der Waals surface area (Å²) in [6, 6.07) is 18.0. The van der Waals surface area contributed by atoms with Gasteiger partial charge in [0.05, 0.1) is 20.3 Å². The van der Waals surface area contributed by atoms with Gasteiger partial charge < -0.3 is 19.1 Å². The van der Waals surface area contributed by atoms with E-state index < -0.39 is 0 Å². The van der Waals surface area contributed by atoms with E-state index in [0.717, 1.165) is 51.4 Å². The maximum atomic E-state index is 13.2. The molecule has 1 heterocycles. The van der Waals surface area contributed by atoms with Crippen LogP contribution in [0, 0.1) is 5.92 Å². The maximum absolute atomic E-state index is 13.2. The van der Waals surface area contributed by atoms with Crippen LogP contribution < -0.4 is 9.64 Å². The van der Waals surface area contributed by atoms with E-state index in [0.29, 0.717) is 19.6 Å². The van der Waals surface area contributed by atoms with Crippen LogP contribution >= 0.6 is 0 Å². The largest absolute Gasteiger partial charge is 0.497 e. The monoisotopic (exact) mass is 431 g/mol. The Hall–Kier alpha value is -2.89. The molecule has 1 aliphatic heterocycles. The zero-order valence-electron chi connectivity index (χ0n) is 18.7. The first-order chi connectivity index (χ1) is 15.6. The first-order valence-electron chi connectivity index (χ1n) is 11.3. The molecule has 166 valence electrons. The molecular weight excluding hydrogens is 402 g/mol. The van der Waals surface area contributed by atoms with Crippen LogP contribution in [0.4, 0.5) is 5.69 Å². The highest BCUT2D eigenvalue weighted by Crippen LogP contribution is 2.35. The molecule has 0 bridgehead atoms. The number of ether oxygens (including phenoxy) is 3. The summed E-state index contributed by atoms with van der Waals surface area (Å²) >= 11 is 0. The predicted octanol–water partition coefficient (Wildman–Crippen LogP) is 5.17. The molecule has 0 amide bonds. The summed E-state index contributed by atoms with van der Waals surface area (Å²) < 4.78 is 16.6. The van der Waals surface area contributed by atoms with Gasteiger partial charge in [0.15, 0.2) is 12.1 Å². The normalized spacial score (nSPS) is 16.4. The number of carbonyl (C=O) groups excluding carboxylic acids is 1. The highest BCUT2D eigenvalue weighted by Gasteiger charge is 2.24. The second-order valence-electron chi connectivity index (χ2n) is 8.82. The van der Waals surface area contributed by atoms with Crippen LogP contribution in [0.15, 0.2) is 54.6 Å². The van der Waals surface area contributed by atoms with Crippen LogP contribution in [0.2, 0.25) is 0 Å². The minimum Gasteiger partial charge on any atom is -0.497 e. The number of benzene rings is 3. The van der Waals surface area contributed by atoms with Crippen molar-refractivity contribution >= 4 is 22.2 Å². The molecule has 32 heavy (non-hydrogen) atoms. The number of Topliss-reactive ketones (excluding diaryl/α,β-unsaturated/α-hetero) is 1. The molecule has 1 aliphatic carbocycles. The van der Waals surface area contributed by atoms with Crippen molar-refractivity contribution in [3.8, 4) is 5.75 Å². The van der Waals surface area contributed by atoms with Crippen LogP contribution in [0.5, 0.6) is 5.75 Å². The summed E-state index contributed by atoms with van der Waals surface area (Å²) in [5, 5.41) is 2.17. The van der Waals surface area contributed by atoms with Crippen LogP contribution in [0.3, 0.4) is 0 Å². The molecule has 5 heteroatoms. The number of methoxy groups -OCH3 is 1. The van der Waals surface area contributed by atoms with E-state index >= 15 is 0 Å². The Balaban J connectivity index is 1.41. The molecule has 2 aliphatic rings. The van der Waals surface area contributed by atoms with Crippen molar-refractivity contribution in [2.24, 2.45) is 5.92 Å². The molecule has 0 aromatic heterocycles. The first kappa shape index (κ1) is 21.0. The van der Waals surface area contributed by atoms with E-state index in [4.69, 9.17) is 14.2 Å². The minimum absolute atomic E-state index is 0.116. The fourth-order valence-corrected chi connectivity index (χ4v) is 4.34. The molecule has 0 spiro atoms. The van der Waals surface area contributed by atoms with Gasteiger partial charge in [0.2, 0.25) is 0 Å². The van der Waals surface area contributed by atoms with Gasteiger partial charge in [-0.1, -0.05) is 30.3 Å². The van der Waals surface area contributed by atoms with Crippen LogP contribution in [0.25, 0.3) is 10.8 Å². The lowest BCUT2D eigenvalue weighted by atomic mass is 9.97. The van der Waals surface area contributed by atoms with Crippen molar-refractivity contribution in [1.29, 1.82) is 0 Å². The first-order valence-corrected chi connectivity index (χ1v) is 11.3. The van der Waals surface area contributed by atoms with E-state index in [1.54, 1.807) is 7.11 Å². The molecule has 3 aromatic carbocycles. The molecule has 2 fully saturated rings. The molecule has 0 atom stereocenters. The number of hydrogen-bond acceptors (Lipinski definition) is 5. The molecule has 0 radical (unpaired) electrons. The van der Waals surface area contributed by atoms with Gasteiger partial charge in [-0.15, -0.1) is 0 Å². The summed E-state index contributed by atoms with van der Waals surface area (Å²) in [6.07, 6.45) is 2.65. The van der Waals surface area contributed by atoms with E-state index in [1.165, 1.54) is 12.8 Å². The number of ketones is 1. The number of nitrogens with zero attached hydrogens (tertiary/aromatic N) is 1. The SMILES string of the molecule is COc1ccc2cc(C(=O)Cc3ccc(C4OCCO4)cc3)cc(N(C)CC3CC3)c2c1. The lowest BCUT2D eigenvalue weighted by molar-refractivity contribution is -0.0441. The number of carbonyl (C=O) groups is 1. The van der Waals surface area contributed by atoms with Gasteiger partial charge >= 0.3 is 0 Å². The third-order valence-electron chi connectivity index (χ3n) is 6.34. The molecule has 3 aromatic rings. The lowest BCUT2D eigenvalue weighted by Crippen LogP contribution is -2.20. The molecule has 1 saturated carbocycles. The Labute approximate surface area is 188 Å². The van der Waals surface area contributed by atoms with Crippen molar-refractivity contribution in [2.75, 3.05) is 38.8 Å². The van der Waals surface area contributed by atoms with Crippen molar-refractivity contribution in [3.63, 3.8) is 0 Å². The number of rotatable bonds is 8. The van der Waals surface area contributed by atoms with Gasteiger partial charge in [-0.25, -0.2) is 0 Å². The fraction of sp³-hybridized carbons (Fsp3) is 0.370. The van der Waals surface area contributed by atoms with Crippen LogP contribution in [-0.2, 0) is 15.9 Å². The molecule has 5 nitrogen and oxygen atoms in total. The molecule has 1 saturated heterocycles. The standard InChI is InChI=1S/C27H29NO4/c1-28(17-19-3-4-19)25-15-22(14-21-9-10-23(30-2)16-24(21)25)26(29)13-18-5-7-20(8-6-18)27-31-11-12-32-27/h5-10,14-16,19,27H,3-4,11-13,17H2,1-2H3. The van der Waals surface area contributed by atoms with Crippen molar-refractivity contribution in [2.45, 2.75) is 25.6 Å². The van der Waals surface area contributed by atoms with Crippen molar-refractivity contribution in [1.82, 2.24) is 0 Å². The molecular formula is C27H29NO4. The lowest BCUT2D eigenvalue weighted by Gasteiger charge is -2.22.